The zero-order valence-electron chi connectivity index (χ0n) is 18.3. The number of unbranched alkanes of at least 4 members (excludes halogenated alkanes) is 4. The van der Waals surface area contributed by atoms with E-state index in [1.165, 1.54) is 0 Å². The second-order valence-electron chi connectivity index (χ2n) is 5.84. The van der Waals surface area contributed by atoms with Crippen LogP contribution in [0.25, 0.3) is 0 Å². The lowest BCUT2D eigenvalue weighted by Gasteiger charge is -2.21. The number of nitrogens with two attached hydrogens (primary N) is 1. The van der Waals surface area contributed by atoms with Gasteiger partial charge in [0.05, 0.1) is 38.9 Å². The molecule has 188 valence electrons. The molecule has 0 bridgehead atoms. The fraction of sp³-hybridized carbons (Fsp3) is 0.812. The lowest BCUT2D eigenvalue weighted by atomic mass is 10.2. The first-order chi connectivity index (χ1) is 15.5. The van der Waals surface area contributed by atoms with Gasteiger partial charge in [-0.25, -0.2) is 10.7 Å². The number of alkyl halides is 3. The molecule has 0 spiro atoms. The van der Waals surface area contributed by atoms with Crippen LogP contribution >= 0.6 is 7.82 Å². The minimum absolute atomic E-state index is 0.0518. The Morgan fingerprint density at radius 3 is 2.09 bits per heavy atom. The number of ether oxygens (including phenoxy) is 2. The topological polar surface area (TPSA) is 193 Å². The van der Waals surface area contributed by atoms with E-state index < -0.39 is 26.1 Å². The zero-order valence-corrected chi connectivity index (χ0v) is 18.2. The highest BCUT2D eigenvalue weighted by molar-refractivity contribution is 7.45. The maximum Gasteiger partial charge on any atom is 0.508 e. The standard InChI is InChI=1S/C16H26F3N2O8P.H3NO/c17-16(18,19)14(22)21-9-3-6-11-27-15(23)26-10-4-1-2-5-12-28-30(24,25)29-13-7-8-20;1-2/h1-7,9-13H2,(H,21,22)(H,24,25);2H,1H2/p-1/i;2D. The zero-order chi connectivity index (χ0) is 25.6. The van der Waals surface area contributed by atoms with Crippen molar-refractivity contribution in [1.29, 1.82) is 5.26 Å². The Bertz CT molecular complexity index is 624. The molecular weight excluding hydrogens is 466 g/mol. The van der Waals surface area contributed by atoms with E-state index in [0.29, 0.717) is 25.7 Å². The van der Waals surface area contributed by atoms with Gasteiger partial charge in [0.2, 0.25) is 1.43 Å². The Morgan fingerprint density at radius 2 is 1.56 bits per heavy atom. The summed E-state index contributed by atoms with van der Waals surface area (Å²) in [6.07, 6.45) is -3.17. The Kier molecular flexibility index (Phi) is 18.5. The molecule has 0 fully saturated rings. The highest BCUT2D eigenvalue weighted by Crippen LogP contribution is 2.38. The van der Waals surface area contributed by atoms with Crippen LogP contribution in [0.5, 0.6) is 0 Å². The van der Waals surface area contributed by atoms with Crippen molar-refractivity contribution in [2.75, 3.05) is 33.0 Å². The summed E-state index contributed by atoms with van der Waals surface area (Å²) in [5.74, 6) is 2.00. The summed E-state index contributed by atoms with van der Waals surface area (Å²) in [6, 6.07) is 1.74. The highest BCUT2D eigenvalue weighted by Gasteiger charge is 2.38. The molecule has 0 aliphatic heterocycles. The minimum atomic E-state index is -4.92. The molecule has 0 saturated heterocycles. The predicted molar refractivity (Wildman–Crippen MR) is 99.8 cm³/mol. The first kappa shape index (κ1) is 30.0. The number of nitrogens with one attached hydrogen (secondary N) is 1. The number of rotatable bonds is 16. The van der Waals surface area contributed by atoms with Gasteiger partial charge in [-0.05, 0) is 32.1 Å². The summed E-state index contributed by atoms with van der Waals surface area (Å²) in [5, 5.41) is 13.0. The van der Waals surface area contributed by atoms with E-state index in [2.05, 4.69) is 20.2 Å². The van der Waals surface area contributed by atoms with Crippen LogP contribution in [-0.4, -0.2) is 56.4 Å². The number of amides is 1. The number of carbonyl (C=O) groups is 2. The Balaban J connectivity index is 0. The third kappa shape index (κ3) is 21.3. The number of carbonyl (C=O) groups excluding carboxylic acids is 2. The average Bonchev–Trinajstić information content (AvgIpc) is 2.72. The molecule has 0 heterocycles. The predicted octanol–water partition coefficient (Wildman–Crippen LogP) is 1.91. The molecule has 4 N–H and O–H groups in total. The normalized spacial score (nSPS) is 12.9. The molecule has 0 radical (unpaired) electrons. The van der Waals surface area contributed by atoms with Crippen molar-refractivity contribution < 1.29 is 57.4 Å². The summed E-state index contributed by atoms with van der Waals surface area (Å²) >= 11 is 0. The average molecular weight is 495 g/mol. The van der Waals surface area contributed by atoms with E-state index in [4.69, 9.17) is 16.2 Å². The summed E-state index contributed by atoms with van der Waals surface area (Å²) in [4.78, 5) is 33.1. The Labute approximate surface area is 184 Å². The van der Waals surface area contributed by atoms with Crippen molar-refractivity contribution in [3.63, 3.8) is 0 Å². The van der Waals surface area contributed by atoms with Gasteiger partial charge in [0.15, 0.2) is 0 Å². The third-order valence-corrected chi connectivity index (χ3v) is 4.30. The van der Waals surface area contributed by atoms with Gasteiger partial charge in [-0.3, -0.25) is 9.36 Å². The molecule has 12 nitrogen and oxygen atoms in total. The van der Waals surface area contributed by atoms with Crippen molar-refractivity contribution in [3.05, 3.63) is 0 Å². The van der Waals surface area contributed by atoms with E-state index in [-0.39, 0.29) is 52.2 Å². The van der Waals surface area contributed by atoms with Crippen LogP contribution < -0.4 is 16.1 Å². The smallest absolute Gasteiger partial charge is 0.508 e. The van der Waals surface area contributed by atoms with Gasteiger partial charge in [0.25, 0.3) is 7.82 Å². The van der Waals surface area contributed by atoms with E-state index >= 15 is 0 Å². The summed E-state index contributed by atoms with van der Waals surface area (Å²) in [7, 11) is -4.38. The van der Waals surface area contributed by atoms with E-state index in [0.717, 1.165) is 0 Å². The van der Waals surface area contributed by atoms with Gasteiger partial charge in [0.1, 0.15) is 0 Å². The number of hydrogen-bond acceptors (Lipinski definition) is 11. The monoisotopic (exact) mass is 495 g/mol. The fourth-order valence-corrected chi connectivity index (χ4v) is 2.60. The van der Waals surface area contributed by atoms with E-state index in [9.17, 15) is 32.2 Å². The molecule has 32 heavy (non-hydrogen) atoms. The van der Waals surface area contributed by atoms with Gasteiger partial charge in [0, 0.05) is 6.54 Å². The van der Waals surface area contributed by atoms with Crippen LogP contribution in [0.15, 0.2) is 0 Å². The molecule has 16 heteroatoms. The first-order valence-corrected chi connectivity index (χ1v) is 10.9. The summed E-state index contributed by atoms with van der Waals surface area (Å²) < 4.78 is 71.1. The molecule has 0 aliphatic carbocycles. The lowest BCUT2D eigenvalue weighted by molar-refractivity contribution is -0.225. The van der Waals surface area contributed by atoms with Gasteiger partial charge in [-0.1, -0.05) is 6.42 Å². The second kappa shape index (κ2) is 19.7. The van der Waals surface area contributed by atoms with Crippen molar-refractivity contribution >= 4 is 19.9 Å². The molecule has 0 rings (SSSR count). The number of nitrogens with zero attached hydrogens (tertiary/aromatic N) is 1. The maximum absolute atomic E-state index is 11.9. The maximum atomic E-state index is 11.9. The SMILES string of the molecule is N#CCCOP(=O)([O-])OCCCCCCOC(=O)OCCCCNC(=O)C(F)(F)F.[2H]ON. The fourth-order valence-electron chi connectivity index (χ4n) is 1.86. The van der Waals surface area contributed by atoms with Crippen LogP contribution in [0.4, 0.5) is 18.0 Å². The Hall–Kier alpha value is -1.95. The van der Waals surface area contributed by atoms with Gasteiger partial charge < -0.3 is 33.9 Å². The lowest BCUT2D eigenvalue weighted by Crippen LogP contribution is -2.37. The van der Waals surface area contributed by atoms with E-state index in [1.54, 1.807) is 11.4 Å². The quantitative estimate of drug-likeness (QED) is 0.122. The van der Waals surface area contributed by atoms with Crippen LogP contribution in [0.2, 0.25) is 1.43 Å². The molecule has 0 aromatic heterocycles. The molecule has 1 unspecified atom stereocenters. The largest absolute Gasteiger partial charge is 0.756 e. The Morgan fingerprint density at radius 1 is 1.06 bits per heavy atom. The van der Waals surface area contributed by atoms with Crippen molar-refractivity contribution in [2.45, 2.75) is 51.1 Å². The minimum Gasteiger partial charge on any atom is -0.756 e. The number of phosphoric acid groups is 1. The molecule has 0 saturated carbocycles. The van der Waals surface area contributed by atoms with Crippen LogP contribution in [-0.2, 0) is 27.9 Å². The van der Waals surface area contributed by atoms with Gasteiger partial charge in [-0.2, -0.15) is 18.4 Å². The van der Waals surface area contributed by atoms with Crippen molar-refractivity contribution in [1.82, 2.24) is 5.32 Å². The first-order valence-electron chi connectivity index (χ1n) is 9.84. The molecular formula is C16H28F3N3O9P-. The summed E-state index contributed by atoms with van der Waals surface area (Å²) in [5.41, 5.74) is 0. The van der Waals surface area contributed by atoms with Crippen molar-refractivity contribution in [3.8, 4) is 6.07 Å². The number of phosphoric ester groups is 1. The highest BCUT2D eigenvalue weighted by atomic mass is 31.2. The number of halogens is 3. The number of nitriles is 1. The van der Waals surface area contributed by atoms with Gasteiger partial charge >= 0.3 is 18.2 Å². The molecule has 0 aromatic carbocycles. The van der Waals surface area contributed by atoms with Crippen LogP contribution in [0, 0.1) is 11.3 Å². The van der Waals surface area contributed by atoms with E-state index in [1.807, 2.05) is 0 Å². The molecule has 1 amide bonds. The molecule has 1 atom stereocenters. The van der Waals surface area contributed by atoms with Crippen molar-refractivity contribution in [2.24, 2.45) is 5.90 Å². The summed E-state index contributed by atoms with van der Waals surface area (Å²) in [6.45, 7) is -0.449. The molecule has 0 aromatic rings. The van der Waals surface area contributed by atoms with Crippen LogP contribution in [0.3, 0.4) is 0 Å². The second-order valence-corrected chi connectivity index (χ2v) is 7.25. The number of hydrogen-bond donors (Lipinski definition) is 3. The molecule has 0 aliphatic rings. The third-order valence-electron chi connectivity index (χ3n) is 3.31. The van der Waals surface area contributed by atoms with Gasteiger partial charge in [-0.15, -0.1) is 0 Å². The van der Waals surface area contributed by atoms with Crippen LogP contribution in [0.1, 0.15) is 44.9 Å².